The first-order valence-corrected chi connectivity index (χ1v) is 8.00. The van der Waals surface area contributed by atoms with Crippen molar-refractivity contribution in [3.05, 3.63) is 35.9 Å². The summed E-state index contributed by atoms with van der Waals surface area (Å²) < 4.78 is 10.6. The fourth-order valence-electron chi connectivity index (χ4n) is 2.22. The standard InChI is InChI=1S/C17H23N3O5/c1-17(2,3)25-16(23)20-9-10-24-11-13(20)15(22)19-18-14(21)12-7-5-4-6-8-12/h4-8,13H,9-11H2,1-3H3,(H,18,21)(H,19,22). The summed E-state index contributed by atoms with van der Waals surface area (Å²) >= 11 is 0. The van der Waals surface area contributed by atoms with Crippen molar-refractivity contribution in [1.82, 2.24) is 15.8 Å². The number of benzene rings is 1. The van der Waals surface area contributed by atoms with E-state index in [1.807, 2.05) is 0 Å². The number of hydrazine groups is 1. The number of morpholine rings is 1. The van der Waals surface area contributed by atoms with E-state index in [0.717, 1.165) is 0 Å². The molecule has 0 spiro atoms. The van der Waals surface area contributed by atoms with Crippen LogP contribution in [0, 0.1) is 0 Å². The number of carbonyl (C=O) groups excluding carboxylic acids is 3. The van der Waals surface area contributed by atoms with Gasteiger partial charge in [0.15, 0.2) is 0 Å². The van der Waals surface area contributed by atoms with Crippen molar-refractivity contribution in [2.75, 3.05) is 19.8 Å². The molecule has 0 saturated carbocycles. The van der Waals surface area contributed by atoms with Gasteiger partial charge in [0.05, 0.1) is 13.2 Å². The predicted octanol–water partition coefficient (Wildman–Crippen LogP) is 1.08. The smallest absolute Gasteiger partial charge is 0.411 e. The van der Waals surface area contributed by atoms with Crippen molar-refractivity contribution in [1.29, 1.82) is 0 Å². The Bertz CT molecular complexity index is 627. The van der Waals surface area contributed by atoms with Crippen molar-refractivity contribution in [3.63, 3.8) is 0 Å². The molecule has 1 heterocycles. The van der Waals surface area contributed by atoms with Crippen molar-refractivity contribution in [3.8, 4) is 0 Å². The first kappa shape index (κ1) is 18.7. The first-order chi connectivity index (χ1) is 11.8. The largest absolute Gasteiger partial charge is 0.444 e. The lowest BCUT2D eigenvalue weighted by molar-refractivity contribution is -0.133. The molecule has 0 bridgehead atoms. The molecule has 1 aromatic rings. The zero-order chi connectivity index (χ0) is 18.4. The Morgan fingerprint density at radius 3 is 2.48 bits per heavy atom. The molecule has 0 radical (unpaired) electrons. The van der Waals surface area contributed by atoms with Crippen molar-refractivity contribution >= 4 is 17.9 Å². The maximum Gasteiger partial charge on any atom is 0.411 e. The van der Waals surface area contributed by atoms with E-state index < -0.39 is 29.6 Å². The molecule has 0 aromatic heterocycles. The normalized spacial score (nSPS) is 17.6. The highest BCUT2D eigenvalue weighted by Crippen LogP contribution is 2.14. The van der Waals surface area contributed by atoms with Crippen LogP contribution in [-0.4, -0.2) is 54.2 Å². The average Bonchev–Trinajstić information content (AvgIpc) is 2.58. The van der Waals surface area contributed by atoms with Crippen LogP contribution in [0.4, 0.5) is 4.79 Å². The van der Waals surface area contributed by atoms with Crippen LogP contribution < -0.4 is 10.9 Å². The average molecular weight is 349 g/mol. The van der Waals surface area contributed by atoms with E-state index in [2.05, 4.69) is 10.9 Å². The minimum atomic E-state index is -0.875. The zero-order valence-corrected chi connectivity index (χ0v) is 14.6. The summed E-state index contributed by atoms with van der Waals surface area (Å²) in [6, 6.07) is 7.59. The summed E-state index contributed by atoms with van der Waals surface area (Å²) in [4.78, 5) is 37.9. The predicted molar refractivity (Wildman–Crippen MR) is 89.6 cm³/mol. The molecule has 2 N–H and O–H groups in total. The Morgan fingerprint density at radius 1 is 1.16 bits per heavy atom. The van der Waals surface area contributed by atoms with Crippen molar-refractivity contribution in [2.24, 2.45) is 0 Å². The van der Waals surface area contributed by atoms with Crippen LogP contribution in [0.25, 0.3) is 0 Å². The van der Waals surface area contributed by atoms with Crippen LogP contribution in [-0.2, 0) is 14.3 Å². The van der Waals surface area contributed by atoms with Gasteiger partial charge in [0, 0.05) is 12.1 Å². The van der Waals surface area contributed by atoms with E-state index in [0.29, 0.717) is 12.2 Å². The minimum absolute atomic E-state index is 0.0340. The van der Waals surface area contributed by atoms with Gasteiger partial charge in [0.1, 0.15) is 11.6 Å². The highest BCUT2D eigenvalue weighted by molar-refractivity contribution is 5.96. The van der Waals surface area contributed by atoms with Gasteiger partial charge < -0.3 is 9.47 Å². The lowest BCUT2D eigenvalue weighted by atomic mass is 10.2. The molecular formula is C17H23N3O5. The monoisotopic (exact) mass is 349 g/mol. The van der Waals surface area contributed by atoms with Gasteiger partial charge in [0.25, 0.3) is 11.8 Å². The summed E-state index contributed by atoms with van der Waals surface area (Å²) in [6.45, 7) is 5.84. The topological polar surface area (TPSA) is 97.0 Å². The number of amides is 3. The van der Waals surface area contributed by atoms with Gasteiger partial charge in [-0.3, -0.25) is 25.3 Å². The maximum atomic E-state index is 12.4. The summed E-state index contributed by atoms with van der Waals surface area (Å²) in [6.07, 6.45) is -0.592. The van der Waals surface area contributed by atoms with Crippen LogP contribution >= 0.6 is 0 Å². The van der Waals surface area contributed by atoms with E-state index in [4.69, 9.17) is 9.47 Å². The van der Waals surface area contributed by atoms with Gasteiger partial charge in [-0.15, -0.1) is 0 Å². The lowest BCUT2D eigenvalue weighted by Crippen LogP contribution is -2.59. The lowest BCUT2D eigenvalue weighted by Gasteiger charge is -2.35. The van der Waals surface area contributed by atoms with Crippen molar-refractivity contribution < 1.29 is 23.9 Å². The molecule has 1 unspecified atom stereocenters. The molecule has 1 saturated heterocycles. The van der Waals surface area contributed by atoms with Gasteiger partial charge in [-0.1, -0.05) is 18.2 Å². The molecule has 2 rings (SSSR count). The molecule has 0 aliphatic carbocycles. The van der Waals surface area contributed by atoms with Crippen LogP contribution in [0.5, 0.6) is 0 Å². The quantitative estimate of drug-likeness (QED) is 0.779. The maximum absolute atomic E-state index is 12.4. The number of hydrogen-bond donors (Lipinski definition) is 2. The SMILES string of the molecule is CC(C)(C)OC(=O)N1CCOCC1C(=O)NNC(=O)c1ccccc1. The molecule has 8 heteroatoms. The second-order valence-electron chi connectivity index (χ2n) is 6.57. The molecular weight excluding hydrogens is 326 g/mol. The van der Waals surface area contributed by atoms with Gasteiger partial charge >= 0.3 is 6.09 Å². The molecule has 25 heavy (non-hydrogen) atoms. The fraction of sp³-hybridized carbons (Fsp3) is 0.471. The number of ether oxygens (including phenoxy) is 2. The molecule has 1 aliphatic heterocycles. The summed E-state index contributed by atoms with van der Waals surface area (Å²) in [5.74, 6) is -0.996. The summed E-state index contributed by atoms with van der Waals surface area (Å²) in [5, 5.41) is 0. The molecule has 8 nitrogen and oxygen atoms in total. The first-order valence-electron chi connectivity index (χ1n) is 8.00. The molecule has 1 atom stereocenters. The van der Waals surface area contributed by atoms with E-state index in [1.54, 1.807) is 51.1 Å². The minimum Gasteiger partial charge on any atom is -0.444 e. The Kier molecular flexibility index (Phi) is 5.97. The second kappa shape index (κ2) is 7.98. The van der Waals surface area contributed by atoms with E-state index >= 15 is 0 Å². The third-order valence-corrected chi connectivity index (χ3v) is 3.39. The summed E-state index contributed by atoms with van der Waals surface area (Å²) in [7, 11) is 0. The van der Waals surface area contributed by atoms with Crippen LogP contribution in [0.15, 0.2) is 30.3 Å². The third-order valence-electron chi connectivity index (χ3n) is 3.39. The molecule has 136 valence electrons. The van der Waals surface area contributed by atoms with E-state index in [9.17, 15) is 14.4 Å². The fourth-order valence-corrected chi connectivity index (χ4v) is 2.22. The number of nitrogens with zero attached hydrogens (tertiary/aromatic N) is 1. The third kappa shape index (κ3) is 5.46. The second-order valence-corrected chi connectivity index (χ2v) is 6.57. The number of carbonyl (C=O) groups is 3. The number of hydrogen-bond acceptors (Lipinski definition) is 5. The number of rotatable bonds is 2. The Balaban J connectivity index is 1.96. The number of nitrogens with one attached hydrogen (secondary N) is 2. The summed E-state index contributed by atoms with van der Waals surface area (Å²) in [5.41, 5.74) is 4.40. The molecule has 1 aromatic carbocycles. The van der Waals surface area contributed by atoms with Gasteiger partial charge in [0.2, 0.25) is 0 Å². The Hall–Kier alpha value is -2.61. The van der Waals surface area contributed by atoms with Gasteiger partial charge in [-0.2, -0.15) is 0 Å². The Morgan fingerprint density at radius 2 is 1.84 bits per heavy atom. The molecule has 3 amide bonds. The van der Waals surface area contributed by atoms with E-state index in [1.165, 1.54) is 4.90 Å². The molecule has 1 aliphatic rings. The van der Waals surface area contributed by atoms with E-state index in [-0.39, 0.29) is 13.2 Å². The molecule has 1 fully saturated rings. The highest BCUT2D eigenvalue weighted by atomic mass is 16.6. The zero-order valence-electron chi connectivity index (χ0n) is 14.6. The van der Waals surface area contributed by atoms with Crippen LogP contribution in [0.2, 0.25) is 0 Å². The van der Waals surface area contributed by atoms with Gasteiger partial charge in [-0.05, 0) is 32.9 Å². The highest BCUT2D eigenvalue weighted by Gasteiger charge is 2.35. The van der Waals surface area contributed by atoms with Crippen LogP contribution in [0.3, 0.4) is 0 Å². The van der Waals surface area contributed by atoms with Crippen molar-refractivity contribution in [2.45, 2.75) is 32.4 Å². The van der Waals surface area contributed by atoms with Gasteiger partial charge in [-0.25, -0.2) is 4.79 Å². The van der Waals surface area contributed by atoms with Crippen LogP contribution in [0.1, 0.15) is 31.1 Å². The Labute approximate surface area is 146 Å².